The summed E-state index contributed by atoms with van der Waals surface area (Å²) in [6, 6.07) is 17.8. The number of fused-ring (bicyclic) bond motifs is 2. The Labute approximate surface area is 287 Å². The first-order valence-corrected chi connectivity index (χ1v) is 15.7. The molecule has 0 aromatic heterocycles. The molecule has 0 saturated heterocycles. The van der Waals surface area contributed by atoms with Gasteiger partial charge in [0, 0.05) is 23.6 Å². The van der Waals surface area contributed by atoms with Crippen molar-refractivity contribution in [2.75, 3.05) is 0 Å². The first kappa shape index (κ1) is 36.0. The average molecular weight is 719 g/mol. The first-order valence-electron chi connectivity index (χ1n) is 15.7. The van der Waals surface area contributed by atoms with Crippen molar-refractivity contribution >= 4 is 23.2 Å². The third kappa shape index (κ3) is 6.14. The summed E-state index contributed by atoms with van der Waals surface area (Å²) in [6.45, 7) is 7.08. The zero-order chi connectivity index (χ0) is 37.5. The maximum Gasteiger partial charge on any atom is 0.432 e. The molecule has 0 aliphatic carbocycles. The van der Waals surface area contributed by atoms with Crippen LogP contribution in [0.15, 0.2) is 82.8 Å². The summed E-state index contributed by atoms with van der Waals surface area (Å²) in [5, 5.41) is 0. The number of rotatable bonds is 4. The predicted molar refractivity (Wildman–Crippen MR) is 175 cm³/mol. The van der Waals surface area contributed by atoms with Gasteiger partial charge in [0.1, 0.15) is 5.92 Å². The number of hydrogen-bond donors (Lipinski definition) is 0. The van der Waals surface area contributed by atoms with E-state index in [-0.39, 0.29) is 39.9 Å². The van der Waals surface area contributed by atoms with E-state index in [9.17, 15) is 26.3 Å². The predicted octanol–water partition coefficient (Wildman–Crippen LogP) is 11.7. The lowest BCUT2D eigenvalue weighted by molar-refractivity contribution is -0.253. The number of nitrogens with zero attached hydrogens (tertiary/aromatic N) is 2. The smallest absolute Gasteiger partial charge is 0.432 e. The molecule has 2 heterocycles. The van der Waals surface area contributed by atoms with Crippen molar-refractivity contribution in [2.24, 2.45) is 9.98 Å². The van der Waals surface area contributed by atoms with Crippen molar-refractivity contribution in [2.45, 2.75) is 77.2 Å². The minimum absolute atomic E-state index is 0.0691. The molecule has 0 fully saturated rings. The molecule has 0 saturated carbocycles. The third-order valence-corrected chi connectivity index (χ3v) is 9.50. The molecule has 4 aromatic carbocycles. The third-order valence-electron chi connectivity index (χ3n) is 9.50. The highest BCUT2D eigenvalue weighted by Crippen LogP contribution is 2.54. The molecule has 4 nitrogen and oxygen atoms in total. The van der Waals surface area contributed by atoms with Crippen LogP contribution in [0, 0.1) is 20.8 Å². The summed E-state index contributed by atoms with van der Waals surface area (Å²) in [4.78, 5) is 8.30. The zero-order valence-corrected chi connectivity index (χ0v) is 28.1. The van der Waals surface area contributed by atoms with Gasteiger partial charge >= 0.3 is 18.5 Å². The SMILES string of the molecule is CC1=Nc2cc(C)c(C(c3cc4c(cc3C)N=C(c3ccc(-c5ccc(C)cc5)cc3)OC4(C)C(F)(F)F)C(F)(F)F)cc2C(C)(C(F)(F)F)O1. The van der Waals surface area contributed by atoms with Crippen LogP contribution >= 0.6 is 0 Å². The highest BCUT2D eigenvalue weighted by atomic mass is 19.4. The highest BCUT2D eigenvalue weighted by Gasteiger charge is 2.60. The van der Waals surface area contributed by atoms with E-state index in [4.69, 9.17) is 9.47 Å². The van der Waals surface area contributed by atoms with E-state index in [1.165, 1.54) is 20.8 Å². The van der Waals surface area contributed by atoms with Crippen LogP contribution in [-0.4, -0.2) is 30.3 Å². The van der Waals surface area contributed by atoms with Crippen molar-refractivity contribution in [3.63, 3.8) is 0 Å². The molecule has 3 atom stereocenters. The van der Waals surface area contributed by atoms with Crippen LogP contribution in [0.4, 0.5) is 50.9 Å². The summed E-state index contributed by atoms with van der Waals surface area (Å²) in [6.07, 6.45) is -15.3. The molecular weight excluding hydrogens is 687 g/mol. The van der Waals surface area contributed by atoms with Crippen LogP contribution in [0.2, 0.25) is 0 Å². The topological polar surface area (TPSA) is 43.2 Å². The van der Waals surface area contributed by atoms with Gasteiger partial charge in [-0.15, -0.1) is 0 Å². The number of benzene rings is 4. The van der Waals surface area contributed by atoms with Crippen LogP contribution < -0.4 is 0 Å². The summed E-state index contributed by atoms with van der Waals surface area (Å²) < 4.78 is 144. The number of alkyl halides is 9. The van der Waals surface area contributed by atoms with Gasteiger partial charge in [0.25, 0.3) is 0 Å². The Bertz CT molecular complexity index is 2080. The molecule has 13 heteroatoms. The second-order valence-electron chi connectivity index (χ2n) is 13.2. The van der Waals surface area contributed by atoms with Crippen molar-refractivity contribution in [3.8, 4) is 11.1 Å². The molecule has 0 radical (unpaired) electrons. The lowest BCUT2D eigenvalue weighted by Gasteiger charge is -2.38. The van der Waals surface area contributed by atoms with E-state index in [1.807, 2.05) is 31.2 Å². The Morgan fingerprint density at radius 1 is 0.549 bits per heavy atom. The maximum atomic E-state index is 15.1. The molecule has 0 N–H and O–H groups in total. The normalized spacial score (nSPS) is 21.1. The fourth-order valence-electron chi connectivity index (χ4n) is 6.53. The molecule has 0 bridgehead atoms. The van der Waals surface area contributed by atoms with Gasteiger partial charge < -0.3 is 9.47 Å². The van der Waals surface area contributed by atoms with Crippen molar-refractivity contribution < 1.29 is 49.0 Å². The summed E-state index contributed by atoms with van der Waals surface area (Å²) >= 11 is 0. The molecule has 51 heavy (non-hydrogen) atoms. The van der Waals surface area contributed by atoms with Gasteiger partial charge in [-0.05, 0) is 104 Å². The van der Waals surface area contributed by atoms with E-state index in [0.29, 0.717) is 13.8 Å². The molecule has 268 valence electrons. The van der Waals surface area contributed by atoms with E-state index >= 15 is 13.2 Å². The number of halogens is 9. The van der Waals surface area contributed by atoms with Crippen LogP contribution in [-0.2, 0) is 20.7 Å². The molecule has 6 rings (SSSR count). The number of aliphatic imine (C=N–C) groups is 2. The first-order chi connectivity index (χ1) is 23.5. The fraction of sp³-hybridized carbons (Fsp3) is 0.316. The second kappa shape index (κ2) is 11.9. The molecule has 2 aliphatic rings. The van der Waals surface area contributed by atoms with Gasteiger partial charge in [0.05, 0.1) is 11.4 Å². The lowest BCUT2D eigenvalue weighted by atomic mass is 9.79. The Hall–Kier alpha value is -4.81. The number of hydrogen-bond acceptors (Lipinski definition) is 4. The van der Waals surface area contributed by atoms with Crippen LogP contribution in [0.1, 0.15) is 71.2 Å². The summed E-state index contributed by atoms with van der Waals surface area (Å²) in [7, 11) is 0. The maximum absolute atomic E-state index is 15.1. The minimum atomic E-state index is -5.15. The molecule has 2 aliphatic heterocycles. The van der Waals surface area contributed by atoms with Crippen molar-refractivity contribution in [3.05, 3.63) is 117 Å². The number of aryl methyl sites for hydroxylation is 3. The van der Waals surface area contributed by atoms with Crippen LogP contribution in [0.25, 0.3) is 11.1 Å². The lowest BCUT2D eigenvalue weighted by Crippen LogP contribution is -2.45. The van der Waals surface area contributed by atoms with E-state index < -0.39 is 57.9 Å². The molecule has 0 spiro atoms. The average Bonchev–Trinajstić information content (AvgIpc) is 3.01. The quantitative estimate of drug-likeness (QED) is 0.197. The van der Waals surface area contributed by atoms with E-state index in [2.05, 4.69) is 9.98 Å². The minimum Gasteiger partial charge on any atom is -0.460 e. The van der Waals surface area contributed by atoms with Crippen molar-refractivity contribution in [1.82, 2.24) is 0 Å². The Morgan fingerprint density at radius 3 is 1.41 bits per heavy atom. The standard InChI is InChI=1S/C38H31F9N2O2/c1-19-7-9-23(10-8-19)24-11-13-25(14-12-24)33-49-31-16-21(3)27(18-29(31)35(6,51-33)38(45,46)47)32(36(39,40)41)26-17-28-30(15-20(26)2)48-22(4)50-34(28,5)37(42,43)44/h7-18,32H,1-6H3. The second-order valence-corrected chi connectivity index (χ2v) is 13.2. The number of ether oxygens (including phenoxy) is 2. The largest absolute Gasteiger partial charge is 0.460 e. The zero-order valence-electron chi connectivity index (χ0n) is 28.1. The van der Waals surface area contributed by atoms with Gasteiger partial charge in [-0.3, -0.25) is 0 Å². The molecule has 3 unspecified atom stereocenters. The molecule has 0 amide bonds. The highest BCUT2D eigenvalue weighted by molar-refractivity contribution is 5.98. The monoisotopic (exact) mass is 718 g/mol. The van der Waals surface area contributed by atoms with Gasteiger partial charge in [0.15, 0.2) is 5.90 Å². The summed E-state index contributed by atoms with van der Waals surface area (Å²) in [5.74, 6) is -3.35. The molecule has 4 aromatic rings. The van der Waals surface area contributed by atoms with Crippen LogP contribution in [0.3, 0.4) is 0 Å². The van der Waals surface area contributed by atoms with Crippen LogP contribution in [0.5, 0.6) is 0 Å². The van der Waals surface area contributed by atoms with Gasteiger partial charge in [-0.2, -0.15) is 39.5 Å². The van der Waals surface area contributed by atoms with E-state index in [0.717, 1.165) is 41.0 Å². The van der Waals surface area contributed by atoms with E-state index in [1.54, 1.807) is 24.3 Å². The fourth-order valence-corrected chi connectivity index (χ4v) is 6.53. The Kier molecular flexibility index (Phi) is 8.38. The Balaban J connectivity index is 1.51. The van der Waals surface area contributed by atoms with Crippen molar-refractivity contribution in [1.29, 1.82) is 0 Å². The molecular formula is C38H31F9N2O2. The van der Waals surface area contributed by atoms with Gasteiger partial charge in [-0.1, -0.05) is 42.0 Å². The van der Waals surface area contributed by atoms with Gasteiger partial charge in [-0.25, -0.2) is 9.98 Å². The Morgan fingerprint density at radius 2 is 0.961 bits per heavy atom. The van der Waals surface area contributed by atoms with Gasteiger partial charge in [0.2, 0.25) is 17.1 Å². The summed E-state index contributed by atoms with van der Waals surface area (Å²) in [5.41, 5.74) is -6.43.